The molecule has 0 spiro atoms. The predicted octanol–water partition coefficient (Wildman–Crippen LogP) is 1.96. The minimum Gasteiger partial charge on any atom is -0.481 e. The van der Waals surface area contributed by atoms with Crippen LogP contribution in [0, 0.1) is 11.8 Å². The molecule has 0 aromatic carbocycles. The lowest BCUT2D eigenvalue weighted by Gasteiger charge is -2.18. The molecule has 1 amide bonds. The highest BCUT2D eigenvalue weighted by Crippen LogP contribution is 2.16. The highest BCUT2D eigenvalue weighted by atomic mass is 16.5. The van der Waals surface area contributed by atoms with E-state index in [2.05, 4.69) is 10.3 Å². The Bertz CT molecular complexity index is 488. The fraction of sp³-hybridized carbons (Fsp3) is 0.533. The van der Waals surface area contributed by atoms with Crippen molar-refractivity contribution in [3.8, 4) is 5.88 Å². The van der Waals surface area contributed by atoms with Crippen molar-refractivity contribution in [3.05, 3.63) is 23.9 Å². The molecule has 6 heteroatoms. The Morgan fingerprint density at radius 2 is 2.14 bits per heavy atom. The van der Waals surface area contributed by atoms with Gasteiger partial charge in [-0.2, -0.15) is 0 Å². The van der Waals surface area contributed by atoms with Crippen LogP contribution in [0.15, 0.2) is 18.3 Å². The van der Waals surface area contributed by atoms with E-state index >= 15 is 0 Å². The van der Waals surface area contributed by atoms with Gasteiger partial charge >= 0.3 is 5.97 Å². The summed E-state index contributed by atoms with van der Waals surface area (Å²) in [6.07, 6.45) is 2.33. The molecule has 1 aromatic rings. The number of ether oxygens (including phenoxy) is 1. The van der Waals surface area contributed by atoms with Crippen LogP contribution in [0.3, 0.4) is 0 Å². The number of carbonyl (C=O) groups excluding carboxylic acids is 1. The summed E-state index contributed by atoms with van der Waals surface area (Å²) in [5.41, 5.74) is 0.346. The van der Waals surface area contributed by atoms with E-state index in [-0.39, 0.29) is 24.1 Å². The first-order chi connectivity index (χ1) is 9.93. The van der Waals surface area contributed by atoms with Crippen LogP contribution in [-0.4, -0.2) is 35.6 Å². The number of carbonyl (C=O) groups is 2. The largest absolute Gasteiger partial charge is 0.481 e. The Morgan fingerprint density at radius 1 is 1.43 bits per heavy atom. The number of hydrogen-bond acceptors (Lipinski definition) is 4. The zero-order valence-electron chi connectivity index (χ0n) is 12.6. The van der Waals surface area contributed by atoms with Crippen molar-refractivity contribution in [2.45, 2.75) is 26.7 Å². The fourth-order valence-electron chi connectivity index (χ4n) is 2.21. The molecule has 1 unspecified atom stereocenters. The van der Waals surface area contributed by atoms with E-state index in [4.69, 9.17) is 9.84 Å². The smallest absolute Gasteiger partial charge is 0.303 e. The zero-order chi connectivity index (χ0) is 15.8. The Labute approximate surface area is 124 Å². The fourth-order valence-corrected chi connectivity index (χ4v) is 2.21. The Balaban J connectivity index is 2.66. The van der Waals surface area contributed by atoms with Gasteiger partial charge in [-0.25, -0.2) is 4.98 Å². The van der Waals surface area contributed by atoms with Gasteiger partial charge in [0, 0.05) is 19.2 Å². The van der Waals surface area contributed by atoms with E-state index in [9.17, 15) is 9.59 Å². The lowest BCUT2D eigenvalue weighted by molar-refractivity contribution is -0.138. The molecule has 2 N–H and O–H groups in total. The number of carboxylic acids is 1. The molecule has 1 atom stereocenters. The van der Waals surface area contributed by atoms with Gasteiger partial charge in [0.05, 0.1) is 7.11 Å². The van der Waals surface area contributed by atoms with Gasteiger partial charge in [0.15, 0.2) is 0 Å². The van der Waals surface area contributed by atoms with E-state index in [0.29, 0.717) is 18.0 Å². The number of aromatic nitrogens is 1. The molecule has 21 heavy (non-hydrogen) atoms. The van der Waals surface area contributed by atoms with Crippen LogP contribution < -0.4 is 10.1 Å². The summed E-state index contributed by atoms with van der Waals surface area (Å²) in [6, 6.07) is 3.27. The Hall–Kier alpha value is -2.11. The number of hydrogen-bond donors (Lipinski definition) is 2. The normalized spacial score (nSPS) is 12.0. The lowest BCUT2D eigenvalue weighted by Crippen LogP contribution is -2.31. The van der Waals surface area contributed by atoms with E-state index < -0.39 is 5.97 Å². The van der Waals surface area contributed by atoms with Gasteiger partial charge in [-0.05, 0) is 30.4 Å². The average molecular weight is 294 g/mol. The van der Waals surface area contributed by atoms with Gasteiger partial charge in [0.25, 0.3) is 5.91 Å². The number of carboxylic acid groups (broad SMARTS) is 1. The van der Waals surface area contributed by atoms with Gasteiger partial charge < -0.3 is 15.2 Å². The second-order valence-corrected chi connectivity index (χ2v) is 5.36. The second-order valence-electron chi connectivity index (χ2n) is 5.36. The minimum absolute atomic E-state index is 0.0443. The average Bonchev–Trinajstić information content (AvgIpc) is 2.43. The standard InChI is InChI=1S/C15H22N2O4/c1-10(2)7-11(8-13(18)19)9-17-14(20)12-5-4-6-16-15(12)21-3/h4-6,10-11H,7-9H2,1-3H3,(H,17,20)(H,18,19). The van der Waals surface area contributed by atoms with Crippen molar-refractivity contribution in [2.75, 3.05) is 13.7 Å². The summed E-state index contributed by atoms with van der Waals surface area (Å²) in [5, 5.41) is 11.7. The molecular weight excluding hydrogens is 272 g/mol. The summed E-state index contributed by atoms with van der Waals surface area (Å²) in [7, 11) is 1.45. The maximum Gasteiger partial charge on any atom is 0.303 e. The minimum atomic E-state index is -0.853. The van der Waals surface area contributed by atoms with E-state index in [1.54, 1.807) is 18.3 Å². The van der Waals surface area contributed by atoms with Crippen LogP contribution in [0.25, 0.3) is 0 Å². The maximum atomic E-state index is 12.1. The molecule has 0 fully saturated rings. The number of aliphatic carboxylic acids is 1. The molecule has 0 aliphatic rings. The summed E-state index contributed by atoms with van der Waals surface area (Å²) < 4.78 is 5.04. The number of pyridine rings is 1. The summed E-state index contributed by atoms with van der Waals surface area (Å²) in [5.74, 6) is -0.616. The molecule has 0 aliphatic carbocycles. The molecule has 116 valence electrons. The third-order valence-electron chi connectivity index (χ3n) is 3.03. The topological polar surface area (TPSA) is 88.5 Å². The van der Waals surface area contributed by atoms with Crippen LogP contribution in [0.2, 0.25) is 0 Å². The first kappa shape index (κ1) is 16.9. The molecule has 0 saturated carbocycles. The quantitative estimate of drug-likeness (QED) is 0.765. The molecule has 0 saturated heterocycles. The maximum absolute atomic E-state index is 12.1. The Kier molecular flexibility index (Phi) is 6.65. The van der Waals surface area contributed by atoms with Gasteiger partial charge in [-0.1, -0.05) is 13.8 Å². The number of methoxy groups -OCH3 is 1. The van der Waals surface area contributed by atoms with Crippen LogP contribution in [0.5, 0.6) is 5.88 Å². The zero-order valence-corrected chi connectivity index (χ0v) is 12.6. The molecule has 0 bridgehead atoms. The van der Waals surface area contributed by atoms with E-state index in [1.165, 1.54) is 7.11 Å². The van der Waals surface area contributed by atoms with Gasteiger partial charge in [0.2, 0.25) is 5.88 Å². The number of amides is 1. The SMILES string of the molecule is COc1ncccc1C(=O)NCC(CC(=O)O)CC(C)C. The van der Waals surface area contributed by atoms with Crippen LogP contribution >= 0.6 is 0 Å². The number of nitrogens with one attached hydrogen (secondary N) is 1. The molecule has 1 heterocycles. The van der Waals surface area contributed by atoms with Crippen molar-refractivity contribution >= 4 is 11.9 Å². The summed E-state index contributed by atoms with van der Waals surface area (Å²) in [6.45, 7) is 4.38. The van der Waals surface area contributed by atoms with Crippen LogP contribution in [0.4, 0.5) is 0 Å². The third kappa shape index (κ3) is 5.81. The van der Waals surface area contributed by atoms with Crippen molar-refractivity contribution < 1.29 is 19.4 Å². The first-order valence-corrected chi connectivity index (χ1v) is 6.93. The molecule has 1 rings (SSSR count). The molecule has 0 aliphatic heterocycles. The lowest BCUT2D eigenvalue weighted by atomic mass is 9.94. The second kappa shape index (κ2) is 8.24. The molecular formula is C15H22N2O4. The van der Waals surface area contributed by atoms with Gasteiger partial charge in [0.1, 0.15) is 5.56 Å². The Morgan fingerprint density at radius 3 is 2.71 bits per heavy atom. The van der Waals surface area contributed by atoms with Crippen molar-refractivity contribution in [1.29, 1.82) is 0 Å². The third-order valence-corrected chi connectivity index (χ3v) is 3.03. The monoisotopic (exact) mass is 294 g/mol. The summed E-state index contributed by atoms with van der Waals surface area (Å²) >= 11 is 0. The molecule has 1 aromatic heterocycles. The van der Waals surface area contributed by atoms with Gasteiger partial charge in [-0.3, -0.25) is 9.59 Å². The molecule has 6 nitrogen and oxygen atoms in total. The highest BCUT2D eigenvalue weighted by molar-refractivity contribution is 5.96. The van der Waals surface area contributed by atoms with E-state index in [1.807, 2.05) is 13.8 Å². The summed E-state index contributed by atoms with van der Waals surface area (Å²) in [4.78, 5) is 27.0. The van der Waals surface area contributed by atoms with Gasteiger partial charge in [-0.15, -0.1) is 0 Å². The van der Waals surface area contributed by atoms with Crippen LogP contribution in [0.1, 0.15) is 37.0 Å². The number of nitrogens with zero attached hydrogens (tertiary/aromatic N) is 1. The molecule has 0 radical (unpaired) electrons. The first-order valence-electron chi connectivity index (χ1n) is 6.93. The van der Waals surface area contributed by atoms with E-state index in [0.717, 1.165) is 6.42 Å². The van der Waals surface area contributed by atoms with Crippen molar-refractivity contribution in [1.82, 2.24) is 10.3 Å². The van der Waals surface area contributed by atoms with Crippen molar-refractivity contribution in [3.63, 3.8) is 0 Å². The predicted molar refractivity (Wildman–Crippen MR) is 78.3 cm³/mol. The highest BCUT2D eigenvalue weighted by Gasteiger charge is 2.18. The number of rotatable bonds is 8. The van der Waals surface area contributed by atoms with Crippen LogP contribution in [-0.2, 0) is 4.79 Å². The van der Waals surface area contributed by atoms with Crippen molar-refractivity contribution in [2.24, 2.45) is 11.8 Å².